The number of fused-ring (bicyclic) bond motifs is 2. The molecule has 3 heterocycles. The second-order valence-corrected chi connectivity index (χ2v) is 14.8. The van der Waals surface area contributed by atoms with E-state index in [0.717, 1.165) is 86.1 Å². The van der Waals surface area contributed by atoms with Crippen molar-refractivity contribution in [3.8, 4) is 5.75 Å². The molecule has 1 aliphatic carbocycles. The van der Waals surface area contributed by atoms with Gasteiger partial charge >= 0.3 is 6.09 Å². The Kier molecular flexibility index (Phi) is 15.2. The van der Waals surface area contributed by atoms with Crippen molar-refractivity contribution >= 4 is 41.2 Å². The standard InChI is InChI=1S/C36H46ClN3O5S.C2H6.CH5N/c1-4-8-24-19-27(37)11-14-29(24)26-22-40-21-25-10-13-30(25)32(45-35(42)39-16-5-6-17-39)9-7-18-44-36(2,3)34(41)38-46-28-12-15-33(43-23-26)31(40)20-28;2*1-2/h7,9,11-12,14-15,19-20,25-26,30,32H,4-6,8,10,13,16-18,21-23H2,1-3H3,(H,38,41);1-2H3;2H2,1H3/b9-7+;;/t25-,26?,30?,32?;;/m0../s1. The average Bonchev–Trinajstić information content (AvgIpc) is 3.60. The number of benzene rings is 2. The molecular weight excluding hydrogens is 672 g/mol. The Morgan fingerprint density at radius 2 is 1.86 bits per heavy atom. The highest BCUT2D eigenvalue weighted by Gasteiger charge is 2.41. The Labute approximate surface area is 308 Å². The number of amides is 2. The smallest absolute Gasteiger partial charge is 0.410 e. The monoisotopic (exact) mass is 728 g/mol. The number of nitrogens with two attached hydrogens (primary N) is 1. The minimum Gasteiger partial charge on any atom is -0.491 e. The van der Waals surface area contributed by atoms with Crippen LogP contribution in [0.1, 0.15) is 83.8 Å². The molecule has 9 nitrogen and oxygen atoms in total. The van der Waals surface area contributed by atoms with Crippen molar-refractivity contribution in [3.63, 3.8) is 0 Å². The highest BCUT2D eigenvalue weighted by atomic mass is 35.5. The lowest BCUT2D eigenvalue weighted by Gasteiger charge is -2.43. The Morgan fingerprint density at radius 1 is 1.10 bits per heavy atom. The van der Waals surface area contributed by atoms with Crippen LogP contribution in [-0.4, -0.2) is 75.0 Å². The number of nitrogens with zero attached hydrogens (tertiary/aromatic N) is 2. The number of carbonyl (C=O) groups excluding carboxylic acids is 2. The van der Waals surface area contributed by atoms with Crippen molar-refractivity contribution in [2.45, 2.75) is 95.7 Å². The van der Waals surface area contributed by atoms with Gasteiger partial charge in [-0.05, 0) is 118 Å². The third kappa shape index (κ3) is 9.90. The first-order valence-electron chi connectivity index (χ1n) is 18.3. The Hall–Kier alpha value is -2.92. The predicted octanol–water partition coefficient (Wildman–Crippen LogP) is 7.99. The van der Waals surface area contributed by atoms with Crippen LogP contribution in [0.15, 0.2) is 53.4 Å². The first-order chi connectivity index (χ1) is 24.2. The van der Waals surface area contributed by atoms with E-state index in [1.807, 2.05) is 49.1 Å². The Balaban J connectivity index is 0.00000136. The number of halogens is 1. The van der Waals surface area contributed by atoms with Gasteiger partial charge in [0, 0.05) is 47.9 Å². The van der Waals surface area contributed by atoms with Gasteiger partial charge in [-0.15, -0.1) is 0 Å². The van der Waals surface area contributed by atoms with E-state index in [1.165, 1.54) is 30.1 Å². The molecule has 6 rings (SSSR count). The summed E-state index contributed by atoms with van der Waals surface area (Å²) in [6.07, 6.45) is 9.33. The van der Waals surface area contributed by atoms with Crippen LogP contribution in [0, 0.1) is 11.8 Å². The zero-order valence-corrected chi connectivity index (χ0v) is 32.3. The molecule has 4 atom stereocenters. The van der Waals surface area contributed by atoms with E-state index in [2.05, 4.69) is 40.5 Å². The summed E-state index contributed by atoms with van der Waals surface area (Å²) in [5.74, 6) is 1.27. The largest absolute Gasteiger partial charge is 0.491 e. The molecule has 1 saturated heterocycles. The van der Waals surface area contributed by atoms with E-state index in [9.17, 15) is 9.59 Å². The second kappa shape index (κ2) is 19.1. The van der Waals surface area contributed by atoms with Gasteiger partial charge in [-0.3, -0.25) is 9.52 Å². The van der Waals surface area contributed by atoms with Gasteiger partial charge in [0.1, 0.15) is 17.5 Å². The fourth-order valence-electron chi connectivity index (χ4n) is 6.99. The van der Waals surface area contributed by atoms with Gasteiger partial charge in [0.05, 0.1) is 18.9 Å². The zero-order valence-electron chi connectivity index (χ0n) is 30.7. The highest BCUT2D eigenvalue weighted by Crippen LogP contribution is 2.44. The van der Waals surface area contributed by atoms with Gasteiger partial charge in [-0.1, -0.05) is 50.9 Å². The van der Waals surface area contributed by atoms with E-state index in [0.29, 0.717) is 12.5 Å². The van der Waals surface area contributed by atoms with Crippen LogP contribution in [0.2, 0.25) is 5.02 Å². The molecule has 0 spiro atoms. The second-order valence-electron chi connectivity index (χ2n) is 13.5. The fraction of sp³-hybridized carbons (Fsp3) is 0.590. The van der Waals surface area contributed by atoms with E-state index in [4.69, 9.17) is 25.8 Å². The molecule has 11 heteroatoms. The van der Waals surface area contributed by atoms with Crippen LogP contribution < -0.4 is 20.1 Å². The molecule has 276 valence electrons. The number of aryl methyl sites for hydroxylation is 1. The molecule has 3 aliphatic heterocycles. The molecule has 2 amide bonds. The molecular formula is C39H57ClN4O5S. The van der Waals surface area contributed by atoms with Gasteiger partial charge in [-0.2, -0.15) is 0 Å². The summed E-state index contributed by atoms with van der Waals surface area (Å²) in [6.45, 7) is 13.6. The van der Waals surface area contributed by atoms with Gasteiger partial charge in [0.25, 0.3) is 5.91 Å². The number of likely N-dealkylation sites (tertiary alicyclic amines) is 1. The SMILES string of the molecule is CC.CCCc1cc(Cl)ccc1C1COc2ccc3cc2N(C1)C[C@@H]1CCC1C(OC(=O)N1CCCC1)/C=C/COC(C)(C)C(=O)NS3.CN. The van der Waals surface area contributed by atoms with E-state index in [-0.39, 0.29) is 36.5 Å². The predicted molar refractivity (Wildman–Crippen MR) is 204 cm³/mol. The minimum absolute atomic E-state index is 0.146. The quantitative estimate of drug-likeness (QED) is 0.241. The number of hydrogen-bond acceptors (Lipinski definition) is 8. The maximum Gasteiger partial charge on any atom is 0.410 e. The van der Waals surface area contributed by atoms with Crippen molar-refractivity contribution in [1.82, 2.24) is 9.62 Å². The topological polar surface area (TPSA) is 106 Å². The number of nitrogens with one attached hydrogen (secondary N) is 1. The maximum absolute atomic E-state index is 13.2. The lowest BCUT2D eigenvalue weighted by molar-refractivity contribution is -0.139. The zero-order chi connectivity index (χ0) is 36.3. The van der Waals surface area contributed by atoms with Crippen molar-refractivity contribution in [1.29, 1.82) is 0 Å². The Morgan fingerprint density at radius 3 is 2.56 bits per heavy atom. The maximum atomic E-state index is 13.2. The third-order valence-corrected chi connectivity index (χ3v) is 10.9. The number of anilines is 1. The number of ether oxygens (including phenoxy) is 3. The number of carbonyl (C=O) groups is 2. The molecule has 3 unspecified atom stereocenters. The van der Waals surface area contributed by atoms with Crippen LogP contribution in [0.3, 0.4) is 0 Å². The first-order valence-corrected chi connectivity index (χ1v) is 19.5. The minimum atomic E-state index is -1.04. The molecule has 2 aromatic carbocycles. The summed E-state index contributed by atoms with van der Waals surface area (Å²) >= 11 is 7.74. The molecule has 0 aromatic heterocycles. The first kappa shape index (κ1) is 39.9. The van der Waals surface area contributed by atoms with Gasteiger partial charge < -0.3 is 29.7 Å². The summed E-state index contributed by atoms with van der Waals surface area (Å²) in [6, 6.07) is 12.4. The van der Waals surface area contributed by atoms with Crippen LogP contribution >= 0.6 is 23.5 Å². The summed E-state index contributed by atoms with van der Waals surface area (Å²) in [5, 5.41) is 0.757. The van der Waals surface area contributed by atoms with E-state index >= 15 is 0 Å². The van der Waals surface area contributed by atoms with Gasteiger partial charge in [0.2, 0.25) is 0 Å². The molecule has 0 radical (unpaired) electrons. The van der Waals surface area contributed by atoms with E-state index in [1.54, 1.807) is 13.8 Å². The van der Waals surface area contributed by atoms with Crippen molar-refractivity contribution < 1.29 is 23.8 Å². The fourth-order valence-corrected chi connectivity index (χ4v) is 7.95. The van der Waals surface area contributed by atoms with Crippen LogP contribution in [0.4, 0.5) is 10.5 Å². The summed E-state index contributed by atoms with van der Waals surface area (Å²) in [4.78, 5) is 31.5. The molecule has 3 N–H and O–H groups in total. The average molecular weight is 729 g/mol. The molecule has 50 heavy (non-hydrogen) atoms. The number of hydrogen-bond donors (Lipinski definition) is 2. The van der Waals surface area contributed by atoms with Crippen molar-refractivity contribution in [3.05, 3.63) is 64.7 Å². The molecule has 2 aromatic rings. The van der Waals surface area contributed by atoms with Crippen LogP contribution in [0.25, 0.3) is 0 Å². The van der Waals surface area contributed by atoms with E-state index < -0.39 is 5.60 Å². The Bertz CT molecular complexity index is 1450. The normalized spacial score (nSPS) is 25.1. The molecule has 1 saturated carbocycles. The van der Waals surface area contributed by atoms with Gasteiger partial charge in [-0.25, -0.2) is 4.79 Å². The van der Waals surface area contributed by atoms with Crippen LogP contribution in [0.5, 0.6) is 5.75 Å². The summed E-state index contributed by atoms with van der Waals surface area (Å²) < 4.78 is 21.7. The number of rotatable bonds is 4. The summed E-state index contributed by atoms with van der Waals surface area (Å²) in [7, 11) is 1.50. The third-order valence-electron chi connectivity index (χ3n) is 9.84. The van der Waals surface area contributed by atoms with Gasteiger partial charge in [0.15, 0.2) is 0 Å². The van der Waals surface area contributed by atoms with Crippen molar-refractivity contribution in [2.24, 2.45) is 17.6 Å². The molecule has 4 aliphatic rings. The van der Waals surface area contributed by atoms with Crippen LogP contribution in [-0.2, 0) is 20.7 Å². The summed E-state index contributed by atoms with van der Waals surface area (Å²) in [5.41, 5.74) is 7.02. The molecule has 2 bridgehead atoms. The lowest BCUT2D eigenvalue weighted by atomic mass is 9.70. The lowest BCUT2D eigenvalue weighted by Crippen LogP contribution is -2.46. The molecule has 2 fully saturated rings. The van der Waals surface area contributed by atoms with Crippen molar-refractivity contribution in [2.75, 3.05) is 51.3 Å². The highest BCUT2D eigenvalue weighted by molar-refractivity contribution is 7.98.